The molecule has 0 bridgehead atoms. The van der Waals surface area contributed by atoms with E-state index in [0.29, 0.717) is 12.1 Å². The second kappa shape index (κ2) is 6.85. The second-order valence-electron chi connectivity index (χ2n) is 4.67. The highest BCUT2D eigenvalue weighted by Crippen LogP contribution is 2.23. The van der Waals surface area contributed by atoms with Crippen molar-refractivity contribution < 1.29 is 4.79 Å². The van der Waals surface area contributed by atoms with Crippen molar-refractivity contribution in [1.29, 1.82) is 0 Å². The van der Waals surface area contributed by atoms with Crippen molar-refractivity contribution in [2.24, 2.45) is 0 Å². The maximum Gasteiger partial charge on any atom is 0.252 e. The quantitative estimate of drug-likeness (QED) is 0.732. The largest absolute Gasteiger partial charge is 0.346 e. The standard InChI is InChI=1S/C17H13BrN2OS/c18-15-9-5-4-8-14(15)16(21)19-10-13-11-22-17(20-13)12-6-2-1-3-7-12/h1-9,11H,10H2,(H,19,21). The molecule has 1 amide bonds. The van der Waals surface area contributed by atoms with Crippen LogP contribution in [0.5, 0.6) is 0 Å². The number of halogens is 1. The maximum absolute atomic E-state index is 12.2. The van der Waals surface area contributed by atoms with Crippen LogP contribution in [0.15, 0.2) is 64.5 Å². The van der Waals surface area contributed by atoms with E-state index in [2.05, 4.69) is 26.2 Å². The first-order valence-corrected chi connectivity index (χ1v) is 8.44. The first-order valence-electron chi connectivity index (χ1n) is 6.76. The third-order valence-corrected chi connectivity index (χ3v) is 4.75. The highest BCUT2D eigenvalue weighted by atomic mass is 79.9. The molecule has 1 heterocycles. The van der Waals surface area contributed by atoms with Crippen LogP contribution in [0.2, 0.25) is 0 Å². The average molecular weight is 373 g/mol. The normalized spacial score (nSPS) is 10.4. The van der Waals surface area contributed by atoms with Crippen LogP contribution >= 0.6 is 27.3 Å². The predicted octanol–water partition coefficient (Wildman–Crippen LogP) is 4.50. The van der Waals surface area contributed by atoms with Crippen LogP contribution in [0.4, 0.5) is 0 Å². The summed E-state index contributed by atoms with van der Waals surface area (Å²) >= 11 is 4.97. The molecule has 0 unspecified atom stereocenters. The number of carbonyl (C=O) groups is 1. The van der Waals surface area contributed by atoms with Crippen LogP contribution in [-0.4, -0.2) is 10.9 Å². The van der Waals surface area contributed by atoms with E-state index in [0.717, 1.165) is 20.7 Å². The summed E-state index contributed by atoms with van der Waals surface area (Å²) in [6.45, 7) is 0.420. The van der Waals surface area contributed by atoms with Gasteiger partial charge in [0.15, 0.2) is 0 Å². The molecular weight excluding hydrogens is 360 g/mol. The number of benzene rings is 2. The molecule has 22 heavy (non-hydrogen) atoms. The highest BCUT2D eigenvalue weighted by Gasteiger charge is 2.10. The summed E-state index contributed by atoms with van der Waals surface area (Å²) in [5.74, 6) is -0.110. The summed E-state index contributed by atoms with van der Waals surface area (Å²) < 4.78 is 0.788. The first-order chi connectivity index (χ1) is 10.7. The molecule has 0 fully saturated rings. The highest BCUT2D eigenvalue weighted by molar-refractivity contribution is 9.10. The minimum absolute atomic E-state index is 0.110. The SMILES string of the molecule is O=C(NCc1csc(-c2ccccc2)n1)c1ccccc1Br. The Morgan fingerprint density at radius 2 is 1.82 bits per heavy atom. The molecule has 0 aliphatic heterocycles. The van der Waals surface area contributed by atoms with E-state index in [-0.39, 0.29) is 5.91 Å². The van der Waals surface area contributed by atoms with Crippen molar-refractivity contribution in [3.63, 3.8) is 0 Å². The molecule has 3 nitrogen and oxygen atoms in total. The van der Waals surface area contributed by atoms with E-state index in [1.807, 2.05) is 53.9 Å². The van der Waals surface area contributed by atoms with Gasteiger partial charge in [-0.15, -0.1) is 11.3 Å². The summed E-state index contributed by atoms with van der Waals surface area (Å²) in [5, 5.41) is 5.83. The number of carbonyl (C=O) groups excluding carboxylic acids is 1. The van der Waals surface area contributed by atoms with E-state index in [4.69, 9.17) is 0 Å². The van der Waals surface area contributed by atoms with Crippen LogP contribution in [0.3, 0.4) is 0 Å². The lowest BCUT2D eigenvalue weighted by Crippen LogP contribution is -2.23. The second-order valence-corrected chi connectivity index (χ2v) is 6.38. The molecular formula is C17H13BrN2OS. The van der Waals surface area contributed by atoms with E-state index in [1.165, 1.54) is 0 Å². The van der Waals surface area contributed by atoms with Crippen LogP contribution in [0.1, 0.15) is 16.1 Å². The lowest BCUT2D eigenvalue weighted by molar-refractivity contribution is 0.0949. The number of thiazole rings is 1. The number of amides is 1. The molecule has 3 rings (SSSR count). The molecule has 0 saturated carbocycles. The molecule has 0 spiro atoms. The fraction of sp³-hybridized carbons (Fsp3) is 0.0588. The zero-order valence-electron chi connectivity index (χ0n) is 11.6. The molecule has 1 aromatic heterocycles. The van der Waals surface area contributed by atoms with Crippen molar-refractivity contribution in [2.45, 2.75) is 6.54 Å². The summed E-state index contributed by atoms with van der Waals surface area (Å²) in [4.78, 5) is 16.7. The van der Waals surface area contributed by atoms with Gasteiger partial charge < -0.3 is 5.32 Å². The third kappa shape index (κ3) is 3.43. The lowest BCUT2D eigenvalue weighted by atomic mass is 10.2. The number of nitrogens with one attached hydrogen (secondary N) is 1. The number of hydrogen-bond donors (Lipinski definition) is 1. The molecule has 0 aliphatic carbocycles. The third-order valence-electron chi connectivity index (χ3n) is 3.12. The Morgan fingerprint density at radius 3 is 2.59 bits per heavy atom. The van der Waals surface area contributed by atoms with Gasteiger partial charge in [0.25, 0.3) is 5.91 Å². The molecule has 0 saturated heterocycles. The Morgan fingerprint density at radius 1 is 1.09 bits per heavy atom. The molecule has 110 valence electrons. The maximum atomic E-state index is 12.2. The number of aromatic nitrogens is 1. The molecule has 5 heteroatoms. The van der Waals surface area contributed by atoms with Gasteiger partial charge >= 0.3 is 0 Å². The molecule has 0 radical (unpaired) electrons. The van der Waals surface area contributed by atoms with Gasteiger partial charge in [0.1, 0.15) is 5.01 Å². The molecule has 1 N–H and O–H groups in total. The van der Waals surface area contributed by atoms with E-state index in [1.54, 1.807) is 17.4 Å². The smallest absolute Gasteiger partial charge is 0.252 e. The topological polar surface area (TPSA) is 42.0 Å². The summed E-state index contributed by atoms with van der Waals surface area (Å²) in [6, 6.07) is 17.4. The van der Waals surface area contributed by atoms with Crippen LogP contribution in [0.25, 0.3) is 10.6 Å². The van der Waals surface area contributed by atoms with E-state index >= 15 is 0 Å². The van der Waals surface area contributed by atoms with Crippen LogP contribution < -0.4 is 5.32 Å². The number of nitrogens with zero attached hydrogens (tertiary/aromatic N) is 1. The van der Waals surface area contributed by atoms with Crippen molar-refractivity contribution >= 4 is 33.2 Å². The van der Waals surface area contributed by atoms with E-state index in [9.17, 15) is 4.79 Å². The van der Waals surface area contributed by atoms with Crippen molar-refractivity contribution in [1.82, 2.24) is 10.3 Å². The van der Waals surface area contributed by atoms with Crippen molar-refractivity contribution in [3.8, 4) is 10.6 Å². The van der Waals surface area contributed by atoms with Crippen molar-refractivity contribution in [3.05, 3.63) is 75.7 Å². The molecule has 0 atom stereocenters. The number of hydrogen-bond acceptors (Lipinski definition) is 3. The van der Waals surface area contributed by atoms with Crippen molar-refractivity contribution in [2.75, 3.05) is 0 Å². The minimum atomic E-state index is -0.110. The van der Waals surface area contributed by atoms with Gasteiger partial charge in [-0.1, -0.05) is 42.5 Å². The van der Waals surface area contributed by atoms with Gasteiger partial charge in [-0.05, 0) is 28.1 Å². The first kappa shape index (κ1) is 14.9. The van der Waals surface area contributed by atoms with Crippen LogP contribution in [-0.2, 0) is 6.54 Å². The van der Waals surface area contributed by atoms with Gasteiger partial charge in [-0.25, -0.2) is 4.98 Å². The Balaban J connectivity index is 1.67. The molecule has 2 aromatic carbocycles. The Hall–Kier alpha value is -1.98. The van der Waals surface area contributed by atoms with Gasteiger partial charge in [0.2, 0.25) is 0 Å². The fourth-order valence-corrected chi connectivity index (χ4v) is 3.30. The Labute approximate surface area is 141 Å². The zero-order valence-corrected chi connectivity index (χ0v) is 14.0. The summed E-state index contributed by atoms with van der Waals surface area (Å²) in [6.07, 6.45) is 0. The van der Waals surface area contributed by atoms with Gasteiger partial charge in [-0.2, -0.15) is 0 Å². The molecule has 3 aromatic rings. The number of rotatable bonds is 4. The summed E-state index contributed by atoms with van der Waals surface area (Å²) in [7, 11) is 0. The molecule has 0 aliphatic rings. The van der Waals surface area contributed by atoms with Gasteiger partial charge in [0, 0.05) is 15.4 Å². The Bertz CT molecular complexity index is 786. The van der Waals surface area contributed by atoms with E-state index < -0.39 is 0 Å². The average Bonchev–Trinajstić information content (AvgIpc) is 3.03. The zero-order chi connectivity index (χ0) is 15.4. The van der Waals surface area contributed by atoms with Gasteiger partial charge in [-0.3, -0.25) is 4.79 Å². The summed E-state index contributed by atoms with van der Waals surface area (Å²) in [5.41, 5.74) is 2.58. The fourth-order valence-electron chi connectivity index (χ4n) is 2.01. The predicted molar refractivity (Wildman–Crippen MR) is 92.9 cm³/mol. The Kier molecular flexibility index (Phi) is 4.65. The monoisotopic (exact) mass is 372 g/mol. The minimum Gasteiger partial charge on any atom is -0.346 e. The van der Waals surface area contributed by atoms with Crippen LogP contribution in [0, 0.1) is 0 Å². The lowest BCUT2D eigenvalue weighted by Gasteiger charge is -2.05. The van der Waals surface area contributed by atoms with Gasteiger partial charge in [0.05, 0.1) is 17.8 Å².